The van der Waals surface area contributed by atoms with Gasteiger partial charge in [-0.3, -0.25) is 4.98 Å². The molecule has 1 heterocycles. The molecule has 0 bridgehead atoms. The zero-order valence-corrected chi connectivity index (χ0v) is 10.9. The van der Waals surface area contributed by atoms with Crippen LogP contribution in [-0.2, 0) is 0 Å². The lowest BCUT2D eigenvalue weighted by atomic mass is 10.1. The predicted molar refractivity (Wildman–Crippen MR) is 74.1 cm³/mol. The van der Waals surface area contributed by atoms with Gasteiger partial charge in [0.25, 0.3) is 0 Å². The van der Waals surface area contributed by atoms with E-state index in [1.165, 1.54) is 0 Å². The molecule has 0 spiro atoms. The number of rotatable bonds is 2. The van der Waals surface area contributed by atoms with Gasteiger partial charge in [-0.1, -0.05) is 11.8 Å². The number of hydrogen-bond acceptors (Lipinski definition) is 3. The van der Waals surface area contributed by atoms with Gasteiger partial charge < -0.3 is 9.84 Å². The summed E-state index contributed by atoms with van der Waals surface area (Å²) in [6, 6.07) is 8.70. The Balaban J connectivity index is 2.27. The maximum Gasteiger partial charge on any atom is 0.131 e. The van der Waals surface area contributed by atoms with E-state index in [1.54, 1.807) is 30.6 Å². The Labute approximate surface area is 112 Å². The van der Waals surface area contributed by atoms with Gasteiger partial charge in [0.05, 0.1) is 11.7 Å². The molecule has 0 unspecified atom stereocenters. The number of benzene rings is 1. The van der Waals surface area contributed by atoms with Crippen LogP contribution in [0.1, 0.15) is 25.0 Å². The Morgan fingerprint density at radius 3 is 2.53 bits per heavy atom. The van der Waals surface area contributed by atoms with Crippen LogP contribution in [0, 0.1) is 11.8 Å². The van der Waals surface area contributed by atoms with E-state index in [4.69, 9.17) is 4.74 Å². The molecule has 0 amide bonds. The minimum atomic E-state index is 0.0885. The molecule has 0 saturated carbocycles. The summed E-state index contributed by atoms with van der Waals surface area (Å²) in [5, 5.41) is 9.78. The second kappa shape index (κ2) is 5.92. The number of hydrogen-bond donors (Lipinski definition) is 1. The number of phenols is 1. The predicted octanol–water partition coefficient (Wildman–Crippen LogP) is 2.97. The molecule has 1 N–H and O–H groups in total. The highest BCUT2D eigenvalue weighted by molar-refractivity contribution is 5.51. The molecule has 2 rings (SSSR count). The fraction of sp³-hybridized carbons (Fsp3) is 0.188. The normalized spacial score (nSPS) is 9.84. The fourth-order valence-electron chi connectivity index (χ4n) is 1.54. The summed E-state index contributed by atoms with van der Waals surface area (Å²) in [6.45, 7) is 3.91. The first-order valence-corrected chi connectivity index (χ1v) is 6.07. The van der Waals surface area contributed by atoms with Crippen LogP contribution in [-0.4, -0.2) is 16.2 Å². The number of aromatic nitrogens is 1. The van der Waals surface area contributed by atoms with E-state index in [2.05, 4.69) is 16.8 Å². The molecule has 2 aromatic rings. The van der Waals surface area contributed by atoms with Crippen LogP contribution >= 0.6 is 0 Å². The summed E-state index contributed by atoms with van der Waals surface area (Å²) in [6.07, 6.45) is 3.45. The van der Waals surface area contributed by atoms with Crippen molar-refractivity contribution in [2.45, 2.75) is 20.0 Å². The van der Waals surface area contributed by atoms with Crippen LogP contribution < -0.4 is 4.74 Å². The van der Waals surface area contributed by atoms with Crippen molar-refractivity contribution in [3.63, 3.8) is 0 Å². The third-order valence-corrected chi connectivity index (χ3v) is 2.36. The summed E-state index contributed by atoms with van der Waals surface area (Å²) >= 11 is 0. The third kappa shape index (κ3) is 3.75. The zero-order chi connectivity index (χ0) is 13.7. The highest BCUT2D eigenvalue weighted by atomic mass is 16.5. The number of pyridine rings is 1. The molecule has 0 aliphatic rings. The lowest BCUT2D eigenvalue weighted by Gasteiger charge is -2.10. The van der Waals surface area contributed by atoms with Gasteiger partial charge in [0, 0.05) is 18.0 Å². The molecular formula is C16H15NO2. The van der Waals surface area contributed by atoms with Gasteiger partial charge in [-0.15, -0.1) is 0 Å². The molecule has 1 aromatic carbocycles. The zero-order valence-electron chi connectivity index (χ0n) is 10.9. The quantitative estimate of drug-likeness (QED) is 0.837. The van der Waals surface area contributed by atoms with Crippen LogP contribution in [0.4, 0.5) is 0 Å². The first kappa shape index (κ1) is 13.0. The summed E-state index contributed by atoms with van der Waals surface area (Å²) in [5.41, 5.74) is 1.40. The van der Waals surface area contributed by atoms with Gasteiger partial charge >= 0.3 is 0 Å². The maximum atomic E-state index is 9.78. The van der Waals surface area contributed by atoms with Gasteiger partial charge in [0.1, 0.15) is 11.5 Å². The standard InChI is InChI=1S/C16H15NO2/c1-12(2)19-15-5-6-16(18)14(11-15)4-3-13-7-9-17-10-8-13/h5-12,18H,1-2H3. The second-order valence-electron chi connectivity index (χ2n) is 4.33. The Morgan fingerprint density at radius 1 is 1.11 bits per heavy atom. The summed E-state index contributed by atoms with van der Waals surface area (Å²) in [5.74, 6) is 6.76. The summed E-state index contributed by atoms with van der Waals surface area (Å²) in [4.78, 5) is 3.93. The first-order valence-electron chi connectivity index (χ1n) is 6.07. The SMILES string of the molecule is CC(C)Oc1ccc(O)c(C#Cc2ccncc2)c1. The monoisotopic (exact) mass is 253 g/mol. The number of ether oxygens (including phenoxy) is 1. The minimum Gasteiger partial charge on any atom is -0.507 e. The van der Waals surface area contributed by atoms with Gasteiger partial charge in [-0.05, 0) is 44.2 Å². The van der Waals surface area contributed by atoms with E-state index in [0.29, 0.717) is 11.3 Å². The van der Waals surface area contributed by atoms with Crippen molar-refractivity contribution in [1.29, 1.82) is 0 Å². The summed E-state index contributed by atoms with van der Waals surface area (Å²) < 4.78 is 5.57. The molecule has 1 aromatic heterocycles. The van der Waals surface area contributed by atoms with E-state index in [9.17, 15) is 5.11 Å². The van der Waals surface area contributed by atoms with Crippen LogP contribution in [0.3, 0.4) is 0 Å². The van der Waals surface area contributed by atoms with E-state index in [0.717, 1.165) is 5.56 Å². The smallest absolute Gasteiger partial charge is 0.131 e. The maximum absolute atomic E-state index is 9.78. The Bertz CT molecular complexity index is 610. The Kier molecular flexibility index (Phi) is 4.04. The Morgan fingerprint density at radius 2 is 1.84 bits per heavy atom. The van der Waals surface area contributed by atoms with E-state index in [1.807, 2.05) is 26.0 Å². The molecule has 0 atom stereocenters. The van der Waals surface area contributed by atoms with E-state index in [-0.39, 0.29) is 11.9 Å². The molecular weight excluding hydrogens is 238 g/mol. The third-order valence-electron chi connectivity index (χ3n) is 2.36. The van der Waals surface area contributed by atoms with Gasteiger partial charge in [-0.2, -0.15) is 0 Å². The number of nitrogens with zero attached hydrogens (tertiary/aromatic N) is 1. The number of aromatic hydroxyl groups is 1. The van der Waals surface area contributed by atoms with Crippen molar-refractivity contribution < 1.29 is 9.84 Å². The van der Waals surface area contributed by atoms with Crippen LogP contribution in [0.2, 0.25) is 0 Å². The van der Waals surface area contributed by atoms with Gasteiger partial charge in [0.15, 0.2) is 0 Å². The van der Waals surface area contributed by atoms with Gasteiger partial charge in [0.2, 0.25) is 0 Å². The van der Waals surface area contributed by atoms with Crippen LogP contribution in [0.15, 0.2) is 42.7 Å². The molecule has 0 saturated heterocycles. The molecule has 0 radical (unpaired) electrons. The van der Waals surface area contributed by atoms with E-state index >= 15 is 0 Å². The average Bonchev–Trinajstić information content (AvgIpc) is 2.40. The van der Waals surface area contributed by atoms with E-state index < -0.39 is 0 Å². The molecule has 3 heteroatoms. The van der Waals surface area contributed by atoms with Gasteiger partial charge in [-0.25, -0.2) is 0 Å². The number of phenolic OH excluding ortho intramolecular Hbond substituents is 1. The molecule has 96 valence electrons. The average molecular weight is 253 g/mol. The molecule has 0 fully saturated rings. The highest BCUT2D eigenvalue weighted by Gasteiger charge is 2.02. The van der Waals surface area contributed by atoms with Crippen molar-refractivity contribution in [3.8, 4) is 23.3 Å². The lowest BCUT2D eigenvalue weighted by molar-refractivity contribution is 0.242. The molecule has 19 heavy (non-hydrogen) atoms. The highest BCUT2D eigenvalue weighted by Crippen LogP contribution is 2.23. The van der Waals surface area contributed by atoms with Crippen molar-refractivity contribution >= 4 is 0 Å². The second-order valence-corrected chi connectivity index (χ2v) is 4.33. The fourth-order valence-corrected chi connectivity index (χ4v) is 1.54. The largest absolute Gasteiger partial charge is 0.507 e. The van der Waals surface area contributed by atoms with Crippen molar-refractivity contribution in [2.24, 2.45) is 0 Å². The van der Waals surface area contributed by atoms with Crippen LogP contribution in [0.5, 0.6) is 11.5 Å². The first-order chi connectivity index (χ1) is 9.15. The Hall–Kier alpha value is -2.47. The molecule has 0 aliphatic heterocycles. The molecule has 0 aliphatic carbocycles. The van der Waals surface area contributed by atoms with Crippen molar-refractivity contribution in [1.82, 2.24) is 4.98 Å². The van der Waals surface area contributed by atoms with Crippen molar-refractivity contribution in [3.05, 3.63) is 53.9 Å². The molecule has 3 nitrogen and oxygen atoms in total. The van der Waals surface area contributed by atoms with Crippen LogP contribution in [0.25, 0.3) is 0 Å². The topological polar surface area (TPSA) is 42.4 Å². The van der Waals surface area contributed by atoms with Crippen molar-refractivity contribution in [2.75, 3.05) is 0 Å². The minimum absolute atomic E-state index is 0.0885. The summed E-state index contributed by atoms with van der Waals surface area (Å²) in [7, 11) is 0. The lowest BCUT2D eigenvalue weighted by Crippen LogP contribution is -2.05.